The van der Waals surface area contributed by atoms with E-state index in [1.165, 1.54) is 36.6 Å². The summed E-state index contributed by atoms with van der Waals surface area (Å²) >= 11 is 0. The fourth-order valence-electron chi connectivity index (χ4n) is 4.74. The minimum atomic E-state index is -0.991. The van der Waals surface area contributed by atoms with E-state index in [1.54, 1.807) is 0 Å². The van der Waals surface area contributed by atoms with Gasteiger partial charge in [0.1, 0.15) is 19.1 Å². The summed E-state index contributed by atoms with van der Waals surface area (Å²) in [6.07, 6.45) is 11.9. The molecule has 194 valence electrons. The van der Waals surface area contributed by atoms with Gasteiger partial charge in [-0.1, -0.05) is 38.5 Å². The Bertz CT molecular complexity index is 678. The van der Waals surface area contributed by atoms with E-state index in [9.17, 15) is 24.3 Å². The average molecular weight is 481 g/mol. The van der Waals surface area contributed by atoms with Gasteiger partial charge < -0.3 is 25.1 Å². The lowest BCUT2D eigenvalue weighted by atomic mass is 10.1. The van der Waals surface area contributed by atoms with Crippen molar-refractivity contribution in [3.63, 3.8) is 0 Å². The van der Waals surface area contributed by atoms with E-state index in [2.05, 4.69) is 5.32 Å². The quantitative estimate of drug-likeness (QED) is 0.368. The lowest BCUT2D eigenvalue weighted by Gasteiger charge is -2.39. The number of aliphatic hydroxyl groups is 1. The molecule has 2 N–H and O–H groups in total. The van der Waals surface area contributed by atoms with E-state index in [0.29, 0.717) is 18.9 Å². The summed E-state index contributed by atoms with van der Waals surface area (Å²) in [5.74, 6) is -0.641. The molecule has 2 aliphatic rings. The zero-order valence-electron chi connectivity index (χ0n) is 21.1. The van der Waals surface area contributed by atoms with Crippen molar-refractivity contribution in [1.82, 2.24) is 20.0 Å². The Balaban J connectivity index is 1.45. The number of piperazine rings is 1. The molecule has 0 radical (unpaired) electrons. The first-order chi connectivity index (χ1) is 16.3. The molecular weight excluding hydrogens is 436 g/mol. The van der Waals surface area contributed by atoms with Gasteiger partial charge in [0.15, 0.2) is 0 Å². The van der Waals surface area contributed by atoms with Crippen LogP contribution in [0.25, 0.3) is 0 Å². The van der Waals surface area contributed by atoms with Crippen molar-refractivity contribution >= 4 is 23.6 Å². The summed E-state index contributed by atoms with van der Waals surface area (Å²) in [4.78, 5) is 53.3. The average Bonchev–Trinajstić information content (AvgIpc) is 2.81. The number of carbonyl (C=O) groups is 4. The van der Waals surface area contributed by atoms with Crippen molar-refractivity contribution in [1.29, 1.82) is 0 Å². The third-order valence-electron chi connectivity index (χ3n) is 6.84. The molecule has 0 aromatic heterocycles. The number of aliphatic hydroxyl groups excluding tert-OH is 1. The molecule has 9 heteroatoms. The smallest absolute Gasteiger partial charge is 0.248 e. The van der Waals surface area contributed by atoms with Gasteiger partial charge in [-0.15, -0.1) is 0 Å². The number of nitrogens with one attached hydrogen (secondary N) is 1. The van der Waals surface area contributed by atoms with Crippen LogP contribution in [-0.4, -0.2) is 95.4 Å². The van der Waals surface area contributed by atoms with Crippen molar-refractivity contribution in [2.24, 2.45) is 0 Å². The summed E-state index contributed by atoms with van der Waals surface area (Å²) < 4.78 is 0. The van der Waals surface area contributed by atoms with Gasteiger partial charge in [-0.3, -0.25) is 19.2 Å². The van der Waals surface area contributed by atoms with Crippen molar-refractivity contribution in [2.45, 2.75) is 96.1 Å². The number of nitrogens with zero attached hydrogens (tertiary/aromatic N) is 3. The molecular formula is C25H44N4O5. The van der Waals surface area contributed by atoms with E-state index >= 15 is 0 Å². The van der Waals surface area contributed by atoms with Crippen LogP contribution in [0.5, 0.6) is 0 Å². The van der Waals surface area contributed by atoms with Gasteiger partial charge >= 0.3 is 0 Å². The Morgan fingerprint density at radius 1 is 0.971 bits per heavy atom. The maximum Gasteiger partial charge on any atom is 0.248 e. The Morgan fingerprint density at radius 2 is 1.56 bits per heavy atom. The molecule has 2 aliphatic heterocycles. The Labute approximate surface area is 204 Å². The van der Waals surface area contributed by atoms with Gasteiger partial charge in [0.2, 0.25) is 23.6 Å². The van der Waals surface area contributed by atoms with Crippen LogP contribution >= 0.6 is 0 Å². The van der Waals surface area contributed by atoms with Crippen LogP contribution in [0.15, 0.2) is 0 Å². The van der Waals surface area contributed by atoms with E-state index in [4.69, 9.17) is 0 Å². The molecule has 0 bridgehead atoms. The largest absolute Gasteiger partial charge is 0.391 e. The molecule has 0 saturated carbocycles. The lowest BCUT2D eigenvalue weighted by molar-refractivity contribution is -0.159. The number of piperidine rings is 1. The number of likely N-dealkylation sites (N-methyl/N-ethyl adjacent to an activating group) is 1. The zero-order valence-corrected chi connectivity index (χ0v) is 21.1. The maximum atomic E-state index is 12.5. The standard InChI is InChI=1S/C25H44N4O5/c1-20(30)24-25(34)29(19-23(33)27(24)2)18-21(31)26-15-11-8-6-4-3-5-7-10-14-22(32)28-16-12-9-13-17-28/h20,24,30H,3-19H2,1-2H3,(H,26,31)/t20-,24?/m1/s1. The van der Waals surface area contributed by atoms with E-state index in [0.717, 1.165) is 70.9 Å². The van der Waals surface area contributed by atoms with Crippen LogP contribution in [0.4, 0.5) is 0 Å². The molecule has 2 atom stereocenters. The lowest BCUT2D eigenvalue weighted by Crippen LogP contribution is -2.63. The monoisotopic (exact) mass is 480 g/mol. The van der Waals surface area contributed by atoms with E-state index in [-0.39, 0.29) is 24.9 Å². The molecule has 4 amide bonds. The maximum absolute atomic E-state index is 12.5. The number of hydrogen-bond acceptors (Lipinski definition) is 5. The first kappa shape index (κ1) is 28.1. The normalized spacial score (nSPS) is 20.0. The second kappa shape index (κ2) is 15.0. The first-order valence-corrected chi connectivity index (χ1v) is 13.1. The van der Waals surface area contributed by atoms with Gasteiger partial charge in [-0.05, 0) is 39.0 Å². The summed E-state index contributed by atoms with van der Waals surface area (Å²) in [6.45, 7) is 3.59. The molecule has 0 spiro atoms. The van der Waals surface area contributed by atoms with Crippen LogP contribution in [-0.2, 0) is 19.2 Å². The Morgan fingerprint density at radius 3 is 2.18 bits per heavy atom. The molecule has 0 aromatic carbocycles. The molecule has 2 saturated heterocycles. The highest BCUT2D eigenvalue weighted by molar-refractivity contribution is 5.97. The topological polar surface area (TPSA) is 110 Å². The van der Waals surface area contributed by atoms with E-state index < -0.39 is 18.1 Å². The van der Waals surface area contributed by atoms with Crippen LogP contribution in [0.3, 0.4) is 0 Å². The molecule has 0 aromatic rings. The molecule has 9 nitrogen and oxygen atoms in total. The molecule has 2 heterocycles. The molecule has 2 fully saturated rings. The second-order valence-corrected chi connectivity index (χ2v) is 9.75. The predicted molar refractivity (Wildman–Crippen MR) is 130 cm³/mol. The fourth-order valence-corrected chi connectivity index (χ4v) is 4.74. The highest BCUT2D eigenvalue weighted by Crippen LogP contribution is 2.15. The van der Waals surface area contributed by atoms with Gasteiger partial charge in [-0.25, -0.2) is 0 Å². The van der Waals surface area contributed by atoms with Gasteiger partial charge in [-0.2, -0.15) is 0 Å². The van der Waals surface area contributed by atoms with Crippen LogP contribution in [0.2, 0.25) is 0 Å². The van der Waals surface area contributed by atoms with Crippen molar-refractivity contribution in [3.05, 3.63) is 0 Å². The number of unbranched alkanes of at least 4 members (excludes halogenated alkanes) is 7. The Hall–Kier alpha value is -2.16. The summed E-state index contributed by atoms with van der Waals surface area (Å²) in [5.41, 5.74) is 0. The molecule has 2 rings (SSSR count). The first-order valence-electron chi connectivity index (χ1n) is 13.1. The highest BCUT2D eigenvalue weighted by atomic mass is 16.3. The summed E-state index contributed by atoms with van der Waals surface area (Å²) in [7, 11) is 1.49. The van der Waals surface area contributed by atoms with Gasteiger partial charge in [0, 0.05) is 33.1 Å². The fraction of sp³-hybridized carbons (Fsp3) is 0.840. The van der Waals surface area contributed by atoms with Gasteiger partial charge in [0.25, 0.3) is 0 Å². The van der Waals surface area contributed by atoms with Crippen molar-refractivity contribution < 1.29 is 24.3 Å². The third kappa shape index (κ3) is 9.24. The van der Waals surface area contributed by atoms with Crippen molar-refractivity contribution in [2.75, 3.05) is 39.8 Å². The minimum Gasteiger partial charge on any atom is -0.391 e. The molecule has 34 heavy (non-hydrogen) atoms. The SMILES string of the molecule is C[C@@H](O)C1C(=O)N(CC(=O)NCCCCCCCCCCC(=O)N2CCCCC2)CC(=O)N1C. The number of hydrogen-bond donors (Lipinski definition) is 2. The predicted octanol–water partition coefficient (Wildman–Crippen LogP) is 1.68. The Kier molecular flexibility index (Phi) is 12.4. The molecule has 1 unspecified atom stereocenters. The number of likely N-dealkylation sites (tertiary alicyclic amines) is 1. The zero-order chi connectivity index (χ0) is 24.9. The van der Waals surface area contributed by atoms with E-state index in [1.807, 2.05) is 4.90 Å². The van der Waals surface area contributed by atoms with Crippen molar-refractivity contribution in [3.8, 4) is 0 Å². The highest BCUT2D eigenvalue weighted by Gasteiger charge is 2.40. The number of rotatable bonds is 14. The third-order valence-corrected chi connectivity index (χ3v) is 6.84. The van der Waals surface area contributed by atoms with Crippen LogP contribution < -0.4 is 5.32 Å². The van der Waals surface area contributed by atoms with Crippen LogP contribution in [0, 0.1) is 0 Å². The minimum absolute atomic E-state index is 0.140. The molecule has 0 aliphatic carbocycles. The second-order valence-electron chi connectivity index (χ2n) is 9.75. The summed E-state index contributed by atoms with van der Waals surface area (Å²) in [6, 6.07) is -0.941. The summed E-state index contributed by atoms with van der Waals surface area (Å²) in [5, 5.41) is 12.6. The number of carbonyl (C=O) groups excluding carboxylic acids is 4. The van der Waals surface area contributed by atoms with Crippen LogP contribution in [0.1, 0.15) is 84.0 Å². The number of amides is 4. The van der Waals surface area contributed by atoms with Gasteiger partial charge in [0.05, 0.1) is 6.10 Å².